The Kier molecular flexibility index (Phi) is 2.54. The molecule has 0 unspecified atom stereocenters. The zero-order chi connectivity index (χ0) is 10.1. The van der Waals surface area contributed by atoms with E-state index in [1.54, 1.807) is 0 Å². The standard InChI is InChI=1S/C10H14N2OS/c1-3-12(2)10-11-9(7-4-5-7)8(6-13)14-10/h6-7H,3-5H2,1-2H3. The van der Waals surface area contributed by atoms with E-state index in [9.17, 15) is 4.79 Å². The Morgan fingerprint density at radius 3 is 2.86 bits per heavy atom. The van der Waals surface area contributed by atoms with Gasteiger partial charge in [0.05, 0.1) is 10.6 Å². The summed E-state index contributed by atoms with van der Waals surface area (Å²) in [5, 5.41) is 0.969. The van der Waals surface area contributed by atoms with Gasteiger partial charge in [-0.15, -0.1) is 0 Å². The van der Waals surface area contributed by atoms with E-state index in [1.807, 2.05) is 7.05 Å². The highest BCUT2D eigenvalue weighted by molar-refractivity contribution is 7.17. The van der Waals surface area contributed by atoms with E-state index in [1.165, 1.54) is 24.2 Å². The third kappa shape index (κ3) is 1.66. The monoisotopic (exact) mass is 210 g/mol. The van der Waals surface area contributed by atoms with Crippen LogP contribution in [0.4, 0.5) is 5.13 Å². The smallest absolute Gasteiger partial charge is 0.185 e. The Morgan fingerprint density at radius 1 is 1.64 bits per heavy atom. The van der Waals surface area contributed by atoms with E-state index in [4.69, 9.17) is 0 Å². The molecule has 0 aliphatic heterocycles. The van der Waals surface area contributed by atoms with E-state index >= 15 is 0 Å². The van der Waals surface area contributed by atoms with Gasteiger partial charge in [-0.25, -0.2) is 4.98 Å². The van der Waals surface area contributed by atoms with Crippen molar-refractivity contribution >= 4 is 22.8 Å². The minimum Gasteiger partial charge on any atom is -0.351 e. The molecule has 0 N–H and O–H groups in total. The van der Waals surface area contributed by atoms with E-state index in [0.717, 1.165) is 28.5 Å². The largest absolute Gasteiger partial charge is 0.351 e. The minimum atomic E-state index is 0.561. The quantitative estimate of drug-likeness (QED) is 0.715. The number of nitrogens with zero attached hydrogens (tertiary/aromatic N) is 2. The summed E-state index contributed by atoms with van der Waals surface area (Å²) in [7, 11) is 2.00. The van der Waals surface area contributed by atoms with Gasteiger partial charge in [0.2, 0.25) is 0 Å². The number of aromatic nitrogens is 1. The summed E-state index contributed by atoms with van der Waals surface area (Å²) in [4.78, 5) is 18.3. The first-order valence-corrected chi connectivity index (χ1v) is 5.75. The van der Waals surface area contributed by atoms with Crippen LogP contribution in [0.15, 0.2) is 0 Å². The van der Waals surface area contributed by atoms with Gasteiger partial charge in [0, 0.05) is 19.5 Å². The van der Waals surface area contributed by atoms with Crippen LogP contribution in [-0.2, 0) is 0 Å². The normalized spacial score (nSPS) is 15.6. The van der Waals surface area contributed by atoms with Crippen molar-refractivity contribution < 1.29 is 4.79 Å². The van der Waals surface area contributed by atoms with Gasteiger partial charge >= 0.3 is 0 Å². The molecule has 1 aromatic heterocycles. The Balaban J connectivity index is 2.30. The zero-order valence-corrected chi connectivity index (χ0v) is 9.30. The second-order valence-electron chi connectivity index (χ2n) is 3.65. The van der Waals surface area contributed by atoms with Crippen LogP contribution in [0.3, 0.4) is 0 Å². The molecular formula is C10H14N2OS. The van der Waals surface area contributed by atoms with Gasteiger partial charge in [-0.05, 0) is 19.8 Å². The average molecular weight is 210 g/mol. The predicted octanol–water partition coefficient (Wildman–Crippen LogP) is 2.29. The fourth-order valence-electron chi connectivity index (χ4n) is 1.36. The Bertz CT molecular complexity index is 344. The molecule has 4 heteroatoms. The van der Waals surface area contributed by atoms with Crippen LogP contribution < -0.4 is 4.90 Å². The minimum absolute atomic E-state index is 0.561. The Hall–Kier alpha value is -0.900. The Labute approximate surface area is 87.8 Å². The number of carbonyl (C=O) groups excluding carboxylic acids is 1. The number of anilines is 1. The topological polar surface area (TPSA) is 33.2 Å². The molecule has 76 valence electrons. The van der Waals surface area contributed by atoms with Crippen LogP contribution in [-0.4, -0.2) is 24.9 Å². The molecule has 1 saturated carbocycles. The first kappa shape index (κ1) is 9.65. The molecule has 1 fully saturated rings. The summed E-state index contributed by atoms with van der Waals surface area (Å²) in [5.74, 6) is 0.561. The first-order chi connectivity index (χ1) is 6.76. The van der Waals surface area contributed by atoms with Crippen molar-refractivity contribution in [2.45, 2.75) is 25.7 Å². The number of rotatable bonds is 4. The lowest BCUT2D eigenvalue weighted by Crippen LogP contribution is -2.15. The van der Waals surface area contributed by atoms with Gasteiger partial charge < -0.3 is 4.90 Å². The maximum atomic E-state index is 10.8. The van der Waals surface area contributed by atoms with Gasteiger partial charge in [-0.2, -0.15) is 0 Å². The molecule has 0 spiro atoms. The van der Waals surface area contributed by atoms with Crippen molar-refractivity contribution in [2.75, 3.05) is 18.5 Å². The molecule has 3 nitrogen and oxygen atoms in total. The fraction of sp³-hybridized carbons (Fsp3) is 0.600. The summed E-state index contributed by atoms with van der Waals surface area (Å²) < 4.78 is 0. The molecule has 0 bridgehead atoms. The summed E-state index contributed by atoms with van der Waals surface area (Å²) in [5.41, 5.74) is 1.03. The van der Waals surface area contributed by atoms with Crippen LogP contribution in [0.2, 0.25) is 0 Å². The highest BCUT2D eigenvalue weighted by atomic mass is 32.1. The number of thiazole rings is 1. The molecule has 0 amide bonds. The van der Waals surface area contributed by atoms with Crippen LogP contribution in [0.25, 0.3) is 0 Å². The fourth-order valence-corrected chi connectivity index (χ4v) is 2.35. The molecule has 0 aromatic carbocycles. The second kappa shape index (κ2) is 3.69. The maximum Gasteiger partial charge on any atom is 0.185 e. The van der Waals surface area contributed by atoms with Gasteiger partial charge in [0.25, 0.3) is 0 Å². The number of carbonyl (C=O) groups is 1. The summed E-state index contributed by atoms with van der Waals surface area (Å²) in [6.45, 7) is 3.01. The maximum absolute atomic E-state index is 10.8. The highest BCUT2D eigenvalue weighted by Crippen LogP contribution is 2.43. The first-order valence-electron chi connectivity index (χ1n) is 4.93. The SMILES string of the molecule is CCN(C)c1nc(C2CC2)c(C=O)s1. The molecule has 0 atom stereocenters. The van der Waals surface area contributed by atoms with E-state index in [-0.39, 0.29) is 0 Å². The zero-order valence-electron chi connectivity index (χ0n) is 8.49. The third-order valence-electron chi connectivity index (χ3n) is 2.54. The van der Waals surface area contributed by atoms with Crippen LogP contribution >= 0.6 is 11.3 Å². The molecule has 1 aromatic rings. The lowest BCUT2D eigenvalue weighted by molar-refractivity contribution is 0.112. The third-order valence-corrected chi connectivity index (χ3v) is 3.65. The van der Waals surface area contributed by atoms with Crippen molar-refractivity contribution in [1.29, 1.82) is 0 Å². The van der Waals surface area contributed by atoms with Gasteiger partial charge in [0.1, 0.15) is 0 Å². The average Bonchev–Trinajstić information content (AvgIpc) is 2.96. The molecule has 1 aliphatic carbocycles. The number of aldehydes is 1. The lowest BCUT2D eigenvalue weighted by Gasteiger charge is -2.11. The van der Waals surface area contributed by atoms with Crippen LogP contribution in [0.5, 0.6) is 0 Å². The van der Waals surface area contributed by atoms with Crippen molar-refractivity contribution in [1.82, 2.24) is 4.98 Å². The van der Waals surface area contributed by atoms with Gasteiger partial charge in [-0.3, -0.25) is 4.79 Å². The molecule has 0 radical (unpaired) electrons. The van der Waals surface area contributed by atoms with Crippen molar-refractivity contribution in [3.63, 3.8) is 0 Å². The van der Waals surface area contributed by atoms with Gasteiger partial charge in [-0.1, -0.05) is 11.3 Å². The molecular weight excluding hydrogens is 196 g/mol. The Morgan fingerprint density at radius 2 is 2.36 bits per heavy atom. The highest BCUT2D eigenvalue weighted by Gasteiger charge is 2.29. The molecule has 2 rings (SSSR count). The summed E-state index contributed by atoms with van der Waals surface area (Å²) in [6.07, 6.45) is 3.33. The molecule has 14 heavy (non-hydrogen) atoms. The predicted molar refractivity (Wildman–Crippen MR) is 58.4 cm³/mol. The lowest BCUT2D eigenvalue weighted by atomic mass is 10.3. The van der Waals surface area contributed by atoms with E-state index < -0.39 is 0 Å². The molecule has 1 heterocycles. The van der Waals surface area contributed by atoms with Crippen molar-refractivity contribution in [2.24, 2.45) is 0 Å². The van der Waals surface area contributed by atoms with Gasteiger partial charge in [0.15, 0.2) is 11.4 Å². The number of hydrogen-bond donors (Lipinski definition) is 0. The molecule has 1 aliphatic rings. The van der Waals surface area contributed by atoms with Crippen molar-refractivity contribution in [3.05, 3.63) is 10.6 Å². The van der Waals surface area contributed by atoms with Crippen molar-refractivity contribution in [3.8, 4) is 0 Å². The van der Waals surface area contributed by atoms with E-state index in [2.05, 4.69) is 16.8 Å². The molecule has 0 saturated heterocycles. The van der Waals surface area contributed by atoms with Crippen LogP contribution in [0, 0.1) is 0 Å². The van der Waals surface area contributed by atoms with Crippen LogP contribution in [0.1, 0.15) is 41.0 Å². The second-order valence-corrected chi connectivity index (χ2v) is 4.66. The summed E-state index contributed by atoms with van der Waals surface area (Å²) >= 11 is 1.51. The number of hydrogen-bond acceptors (Lipinski definition) is 4. The van der Waals surface area contributed by atoms with E-state index in [0.29, 0.717) is 5.92 Å². The summed E-state index contributed by atoms with van der Waals surface area (Å²) in [6, 6.07) is 0.